The number of likely N-dealkylation sites (N-methyl/N-ethyl adjacent to an activating group) is 1. The summed E-state index contributed by atoms with van der Waals surface area (Å²) in [5.41, 5.74) is 0.942. The topological polar surface area (TPSA) is 33.5 Å². The van der Waals surface area contributed by atoms with Crippen LogP contribution in [0.2, 0.25) is 0 Å². The lowest BCUT2D eigenvalue weighted by atomic mass is 9.96. The monoisotopic (exact) mass is 274 g/mol. The number of likely N-dealkylation sites (tertiary alicyclic amines) is 2. The van der Waals surface area contributed by atoms with Gasteiger partial charge in [-0.25, -0.2) is 0 Å². The lowest BCUT2D eigenvalue weighted by molar-refractivity contribution is -0.00243. The quantitative estimate of drug-likeness (QED) is 0.771. The molecule has 0 aromatic carbocycles. The Hall–Kier alpha value is -1.05. The number of piperidine rings is 1. The highest BCUT2D eigenvalue weighted by atomic mass is 15.4. The Morgan fingerprint density at radius 2 is 1.60 bits per heavy atom. The SMILES string of the molecule is CN1C=C(C#N)C[C@H](N2CCCC2)[C@H]1N1CCCCC1. The molecule has 110 valence electrons. The third kappa shape index (κ3) is 2.70. The molecule has 3 aliphatic rings. The molecule has 4 nitrogen and oxygen atoms in total. The largest absolute Gasteiger partial charge is 0.362 e. The Bertz CT molecular complexity index is 399. The summed E-state index contributed by atoms with van der Waals surface area (Å²) in [6, 6.07) is 2.89. The molecule has 0 spiro atoms. The summed E-state index contributed by atoms with van der Waals surface area (Å²) < 4.78 is 0. The lowest BCUT2D eigenvalue weighted by Gasteiger charge is -2.48. The van der Waals surface area contributed by atoms with Crippen molar-refractivity contribution in [1.29, 1.82) is 5.26 Å². The van der Waals surface area contributed by atoms with Crippen molar-refractivity contribution in [3.63, 3.8) is 0 Å². The van der Waals surface area contributed by atoms with Crippen LogP contribution in [0.15, 0.2) is 11.8 Å². The van der Waals surface area contributed by atoms with Crippen LogP contribution in [0.4, 0.5) is 0 Å². The van der Waals surface area contributed by atoms with Crippen LogP contribution in [0.25, 0.3) is 0 Å². The molecule has 0 bridgehead atoms. The van der Waals surface area contributed by atoms with E-state index in [2.05, 4.69) is 34.0 Å². The van der Waals surface area contributed by atoms with Gasteiger partial charge in [0.25, 0.3) is 0 Å². The zero-order chi connectivity index (χ0) is 13.9. The molecule has 3 rings (SSSR count). The predicted molar refractivity (Wildman–Crippen MR) is 79.9 cm³/mol. The van der Waals surface area contributed by atoms with E-state index in [-0.39, 0.29) is 0 Å². The average molecular weight is 274 g/mol. The van der Waals surface area contributed by atoms with Crippen molar-refractivity contribution >= 4 is 0 Å². The summed E-state index contributed by atoms with van der Waals surface area (Å²) in [5.74, 6) is 0. The van der Waals surface area contributed by atoms with Crippen molar-refractivity contribution in [2.45, 2.75) is 50.7 Å². The van der Waals surface area contributed by atoms with Gasteiger partial charge in [0.2, 0.25) is 0 Å². The molecule has 2 atom stereocenters. The van der Waals surface area contributed by atoms with E-state index in [0.29, 0.717) is 12.2 Å². The van der Waals surface area contributed by atoms with E-state index in [0.717, 1.165) is 12.0 Å². The van der Waals surface area contributed by atoms with Gasteiger partial charge in [0, 0.05) is 44.4 Å². The Kier molecular flexibility index (Phi) is 4.28. The number of rotatable bonds is 2. The first-order chi connectivity index (χ1) is 9.79. The average Bonchev–Trinajstić information content (AvgIpc) is 3.01. The van der Waals surface area contributed by atoms with Gasteiger partial charge in [0.1, 0.15) is 0 Å². The van der Waals surface area contributed by atoms with Crippen LogP contribution in [-0.4, -0.2) is 60.1 Å². The molecule has 2 fully saturated rings. The van der Waals surface area contributed by atoms with Gasteiger partial charge in [0.15, 0.2) is 0 Å². The zero-order valence-electron chi connectivity index (χ0n) is 12.6. The van der Waals surface area contributed by atoms with Crippen molar-refractivity contribution in [3.8, 4) is 6.07 Å². The van der Waals surface area contributed by atoms with Crippen molar-refractivity contribution < 1.29 is 0 Å². The van der Waals surface area contributed by atoms with Crippen LogP contribution in [0.5, 0.6) is 0 Å². The van der Waals surface area contributed by atoms with Crippen molar-refractivity contribution in [2.24, 2.45) is 0 Å². The number of hydrogen-bond acceptors (Lipinski definition) is 4. The Morgan fingerprint density at radius 3 is 2.25 bits per heavy atom. The lowest BCUT2D eigenvalue weighted by Crippen LogP contribution is -2.60. The minimum atomic E-state index is 0.463. The van der Waals surface area contributed by atoms with E-state index in [4.69, 9.17) is 0 Å². The number of hydrogen-bond donors (Lipinski definition) is 0. The second-order valence-electron chi connectivity index (χ2n) is 6.46. The van der Waals surface area contributed by atoms with Crippen LogP contribution in [0, 0.1) is 11.3 Å². The van der Waals surface area contributed by atoms with Crippen molar-refractivity contribution in [3.05, 3.63) is 11.8 Å². The fourth-order valence-electron chi connectivity index (χ4n) is 4.13. The molecule has 0 saturated carbocycles. The maximum absolute atomic E-state index is 9.29. The number of nitriles is 1. The Morgan fingerprint density at radius 1 is 1.00 bits per heavy atom. The maximum atomic E-state index is 9.29. The fraction of sp³-hybridized carbons (Fsp3) is 0.812. The van der Waals surface area contributed by atoms with Crippen LogP contribution >= 0.6 is 0 Å². The standard InChI is InChI=1S/C16H26N4/c1-18-13-14(12-17)11-15(19-7-5-6-8-19)16(18)20-9-3-2-4-10-20/h13,15-16H,2-11H2,1H3/t15-,16+/m0/s1. The van der Waals surface area contributed by atoms with E-state index in [1.165, 1.54) is 58.3 Å². The normalized spacial score (nSPS) is 33.0. The Balaban J connectivity index is 1.82. The summed E-state index contributed by atoms with van der Waals surface area (Å²) in [5, 5.41) is 9.29. The molecule has 0 unspecified atom stereocenters. The zero-order valence-corrected chi connectivity index (χ0v) is 12.6. The maximum Gasteiger partial charge on any atom is 0.0974 e. The molecule has 20 heavy (non-hydrogen) atoms. The first kappa shape index (κ1) is 13.9. The van der Waals surface area contributed by atoms with Crippen molar-refractivity contribution in [2.75, 3.05) is 33.2 Å². The molecule has 3 heterocycles. The Labute approximate surface area is 122 Å². The molecule has 3 aliphatic heterocycles. The van der Waals surface area contributed by atoms with E-state index in [9.17, 15) is 5.26 Å². The molecule has 0 aliphatic carbocycles. The molecule has 2 saturated heterocycles. The van der Waals surface area contributed by atoms with E-state index >= 15 is 0 Å². The molecule has 0 amide bonds. The highest BCUT2D eigenvalue weighted by molar-refractivity contribution is 5.25. The summed E-state index contributed by atoms with van der Waals surface area (Å²) in [6.45, 7) is 4.85. The summed E-state index contributed by atoms with van der Waals surface area (Å²) in [6.07, 6.45) is 10.1. The number of nitrogens with zero attached hydrogens (tertiary/aromatic N) is 4. The smallest absolute Gasteiger partial charge is 0.0974 e. The highest BCUT2D eigenvalue weighted by Crippen LogP contribution is 2.30. The first-order valence-corrected chi connectivity index (χ1v) is 8.10. The molecule has 4 heteroatoms. The van der Waals surface area contributed by atoms with Crippen LogP contribution in [0.3, 0.4) is 0 Å². The molecule has 0 aromatic heterocycles. The van der Waals surface area contributed by atoms with Gasteiger partial charge in [-0.05, 0) is 38.8 Å². The first-order valence-electron chi connectivity index (χ1n) is 8.10. The van der Waals surface area contributed by atoms with Crippen LogP contribution in [-0.2, 0) is 0 Å². The van der Waals surface area contributed by atoms with E-state index in [1.807, 2.05) is 0 Å². The van der Waals surface area contributed by atoms with Crippen molar-refractivity contribution in [1.82, 2.24) is 14.7 Å². The summed E-state index contributed by atoms with van der Waals surface area (Å²) in [7, 11) is 2.15. The summed E-state index contributed by atoms with van der Waals surface area (Å²) >= 11 is 0. The van der Waals surface area contributed by atoms with E-state index < -0.39 is 0 Å². The van der Waals surface area contributed by atoms with Gasteiger partial charge in [-0.1, -0.05) is 6.42 Å². The highest BCUT2D eigenvalue weighted by Gasteiger charge is 2.38. The molecular formula is C16H26N4. The van der Waals surface area contributed by atoms with Gasteiger partial charge in [-0.15, -0.1) is 0 Å². The third-order valence-corrected chi connectivity index (χ3v) is 5.07. The van der Waals surface area contributed by atoms with Gasteiger partial charge in [-0.3, -0.25) is 9.80 Å². The van der Waals surface area contributed by atoms with E-state index in [1.54, 1.807) is 0 Å². The van der Waals surface area contributed by atoms with Gasteiger partial charge >= 0.3 is 0 Å². The molecule has 0 aromatic rings. The third-order valence-electron chi connectivity index (χ3n) is 5.07. The predicted octanol–water partition coefficient (Wildman–Crippen LogP) is 2.01. The van der Waals surface area contributed by atoms with Gasteiger partial charge in [0.05, 0.1) is 12.2 Å². The second kappa shape index (κ2) is 6.15. The molecular weight excluding hydrogens is 248 g/mol. The van der Waals surface area contributed by atoms with Crippen LogP contribution < -0.4 is 0 Å². The molecule has 0 radical (unpaired) electrons. The van der Waals surface area contributed by atoms with Gasteiger partial charge in [-0.2, -0.15) is 5.26 Å². The summed E-state index contributed by atoms with van der Waals surface area (Å²) in [4.78, 5) is 7.58. The minimum Gasteiger partial charge on any atom is -0.362 e. The second-order valence-corrected chi connectivity index (χ2v) is 6.46. The molecule has 0 N–H and O–H groups in total. The van der Waals surface area contributed by atoms with Crippen LogP contribution in [0.1, 0.15) is 38.5 Å². The minimum absolute atomic E-state index is 0.463. The fourth-order valence-corrected chi connectivity index (χ4v) is 4.13. The van der Waals surface area contributed by atoms with Gasteiger partial charge < -0.3 is 4.90 Å².